The lowest BCUT2D eigenvalue weighted by atomic mass is 9.97. The Morgan fingerprint density at radius 1 is 1.23 bits per heavy atom. The number of nitrogens with one attached hydrogen (secondary N) is 1. The molecule has 0 saturated carbocycles. The second-order valence-corrected chi connectivity index (χ2v) is 8.36. The van der Waals surface area contributed by atoms with Crippen molar-refractivity contribution in [3.8, 4) is 17.2 Å². The van der Waals surface area contributed by atoms with Gasteiger partial charge in [-0.05, 0) is 37.7 Å². The van der Waals surface area contributed by atoms with Gasteiger partial charge in [0.15, 0.2) is 0 Å². The zero-order valence-electron chi connectivity index (χ0n) is 16.6. The van der Waals surface area contributed by atoms with E-state index in [0.29, 0.717) is 32.9 Å². The third-order valence-corrected chi connectivity index (χ3v) is 6.50. The monoisotopic (exact) mass is 417 g/mol. The Kier molecular flexibility index (Phi) is 5.68. The zero-order chi connectivity index (χ0) is 21.1. The Morgan fingerprint density at radius 2 is 2.03 bits per heavy atom. The number of carbonyl (C=O) groups is 1. The molecule has 1 aliphatic rings. The molecule has 3 aromatic rings. The van der Waals surface area contributed by atoms with Gasteiger partial charge in [-0.1, -0.05) is 42.0 Å². The van der Waals surface area contributed by atoms with Gasteiger partial charge in [0.25, 0.3) is 5.91 Å². The molecular formula is C23H23N5OS. The van der Waals surface area contributed by atoms with Crippen molar-refractivity contribution >= 4 is 39.0 Å². The van der Waals surface area contributed by atoms with E-state index in [9.17, 15) is 10.1 Å². The number of hydrogen-bond donors (Lipinski definition) is 3. The second-order valence-electron chi connectivity index (χ2n) is 7.36. The number of amides is 1. The maximum absolute atomic E-state index is 12.8. The summed E-state index contributed by atoms with van der Waals surface area (Å²) in [5.74, 6) is -0.0794. The minimum absolute atomic E-state index is 0.140. The quantitative estimate of drug-likeness (QED) is 0.524. The molecule has 4 rings (SSSR count). The van der Waals surface area contributed by atoms with E-state index < -0.39 is 0 Å². The summed E-state index contributed by atoms with van der Waals surface area (Å²) in [6.45, 7) is 0.572. The van der Waals surface area contributed by atoms with Gasteiger partial charge in [-0.25, -0.2) is 4.98 Å². The summed E-state index contributed by atoms with van der Waals surface area (Å²) in [5, 5.41) is 13.3. The molecule has 5 N–H and O–H groups in total. The van der Waals surface area contributed by atoms with Gasteiger partial charge in [0.1, 0.15) is 27.2 Å². The summed E-state index contributed by atoms with van der Waals surface area (Å²) >= 11 is 1.21. The lowest BCUT2D eigenvalue weighted by molar-refractivity contribution is 0.0959. The van der Waals surface area contributed by atoms with Crippen LogP contribution in [0, 0.1) is 11.3 Å². The van der Waals surface area contributed by atoms with Crippen molar-refractivity contribution in [2.45, 2.75) is 32.1 Å². The van der Waals surface area contributed by atoms with Crippen LogP contribution in [-0.2, 0) is 0 Å². The van der Waals surface area contributed by atoms with Gasteiger partial charge in [-0.2, -0.15) is 5.26 Å². The van der Waals surface area contributed by atoms with Crippen LogP contribution in [-0.4, -0.2) is 17.4 Å². The third kappa shape index (κ3) is 3.74. The first kappa shape index (κ1) is 19.9. The summed E-state index contributed by atoms with van der Waals surface area (Å²) in [6.07, 6.45) is 7.85. The molecular weight excluding hydrogens is 394 g/mol. The molecule has 7 heteroatoms. The van der Waals surface area contributed by atoms with E-state index in [0.717, 1.165) is 24.8 Å². The number of allylic oxidation sites excluding steroid dienone is 1. The first-order valence-electron chi connectivity index (χ1n) is 10.0. The lowest BCUT2D eigenvalue weighted by Gasteiger charge is -2.12. The van der Waals surface area contributed by atoms with E-state index in [1.54, 1.807) is 0 Å². The molecule has 0 spiro atoms. The minimum atomic E-state index is -0.219. The van der Waals surface area contributed by atoms with E-state index >= 15 is 0 Å². The van der Waals surface area contributed by atoms with Crippen LogP contribution in [0.1, 0.15) is 47.3 Å². The predicted octanol–water partition coefficient (Wildman–Crippen LogP) is 4.62. The molecule has 1 aromatic carbocycles. The van der Waals surface area contributed by atoms with E-state index in [4.69, 9.17) is 11.5 Å². The van der Waals surface area contributed by atoms with Gasteiger partial charge < -0.3 is 16.8 Å². The van der Waals surface area contributed by atoms with Crippen LogP contribution in [0.4, 0.5) is 11.5 Å². The van der Waals surface area contributed by atoms with Crippen molar-refractivity contribution < 1.29 is 4.79 Å². The summed E-state index contributed by atoms with van der Waals surface area (Å²) < 4.78 is 0. The van der Waals surface area contributed by atoms with Crippen LogP contribution in [0.2, 0.25) is 0 Å². The summed E-state index contributed by atoms with van der Waals surface area (Å²) in [5.41, 5.74) is 15.9. The lowest BCUT2D eigenvalue weighted by Crippen LogP contribution is -2.24. The van der Waals surface area contributed by atoms with Crippen molar-refractivity contribution in [2.24, 2.45) is 0 Å². The maximum atomic E-state index is 12.8. The molecule has 0 unspecified atom stereocenters. The average molecular weight is 418 g/mol. The highest BCUT2D eigenvalue weighted by Gasteiger charge is 2.24. The smallest absolute Gasteiger partial charge is 0.263 e. The Bertz CT molecular complexity index is 1170. The summed E-state index contributed by atoms with van der Waals surface area (Å²) in [4.78, 5) is 18.2. The van der Waals surface area contributed by atoms with Crippen LogP contribution in [0.3, 0.4) is 0 Å². The number of thiophene rings is 1. The average Bonchev–Trinajstić information content (AvgIpc) is 3.10. The predicted molar refractivity (Wildman–Crippen MR) is 122 cm³/mol. The van der Waals surface area contributed by atoms with Gasteiger partial charge in [-0.3, -0.25) is 4.79 Å². The number of hydrogen-bond acceptors (Lipinski definition) is 6. The molecule has 0 fully saturated rings. The number of anilines is 2. The number of nitriles is 1. The first-order chi connectivity index (χ1) is 14.6. The van der Waals surface area contributed by atoms with Crippen LogP contribution in [0.25, 0.3) is 21.3 Å². The molecule has 0 aliphatic heterocycles. The Hall–Kier alpha value is -3.37. The number of fused-ring (bicyclic) bond motifs is 1. The fourth-order valence-corrected chi connectivity index (χ4v) is 4.92. The Labute approximate surface area is 179 Å². The SMILES string of the molecule is N#Cc1c(N)nc2sc(C(=O)NCCC3=CCCCC3)c(N)c2c1-c1ccccc1. The van der Waals surface area contributed by atoms with E-state index in [1.165, 1.54) is 29.8 Å². The number of benzene rings is 1. The molecule has 6 nitrogen and oxygen atoms in total. The summed E-state index contributed by atoms with van der Waals surface area (Å²) in [7, 11) is 0. The Morgan fingerprint density at radius 3 is 2.73 bits per heavy atom. The zero-order valence-corrected chi connectivity index (χ0v) is 17.4. The van der Waals surface area contributed by atoms with Gasteiger partial charge in [0.05, 0.1) is 5.69 Å². The molecule has 0 bridgehead atoms. The first-order valence-corrected chi connectivity index (χ1v) is 10.8. The van der Waals surface area contributed by atoms with E-state index in [1.807, 2.05) is 30.3 Å². The standard InChI is InChI=1S/C23H23N5OS/c24-13-16-17(15-9-5-2-6-10-15)18-19(25)20(30-23(18)28-21(16)26)22(29)27-12-11-14-7-3-1-4-8-14/h2,5-7,9-10H,1,3-4,8,11-12,25H2,(H2,26,28)(H,27,29). The van der Waals surface area contributed by atoms with Crippen molar-refractivity contribution in [1.82, 2.24) is 10.3 Å². The topological polar surface area (TPSA) is 118 Å². The minimum Gasteiger partial charge on any atom is -0.397 e. The number of nitrogen functional groups attached to an aromatic ring is 2. The van der Waals surface area contributed by atoms with Gasteiger partial charge >= 0.3 is 0 Å². The molecule has 0 atom stereocenters. The molecule has 1 amide bonds. The normalized spacial score (nSPS) is 13.6. The van der Waals surface area contributed by atoms with Gasteiger partial charge in [0.2, 0.25) is 0 Å². The number of carbonyl (C=O) groups excluding carboxylic acids is 1. The van der Waals surface area contributed by atoms with E-state index in [-0.39, 0.29) is 17.3 Å². The van der Waals surface area contributed by atoms with Gasteiger partial charge in [0, 0.05) is 17.5 Å². The van der Waals surface area contributed by atoms with Crippen LogP contribution in [0.15, 0.2) is 42.0 Å². The number of nitrogens with two attached hydrogens (primary N) is 2. The highest BCUT2D eigenvalue weighted by Crippen LogP contribution is 2.42. The van der Waals surface area contributed by atoms with E-state index in [2.05, 4.69) is 22.4 Å². The number of aromatic nitrogens is 1. The molecule has 30 heavy (non-hydrogen) atoms. The highest BCUT2D eigenvalue weighted by molar-refractivity contribution is 7.21. The fraction of sp³-hybridized carbons (Fsp3) is 0.261. The van der Waals surface area contributed by atoms with Crippen molar-refractivity contribution in [1.29, 1.82) is 5.26 Å². The van der Waals surface area contributed by atoms with Crippen molar-refractivity contribution in [3.63, 3.8) is 0 Å². The number of rotatable bonds is 5. The fourth-order valence-electron chi connectivity index (χ4n) is 3.89. The van der Waals surface area contributed by atoms with Crippen molar-refractivity contribution in [3.05, 3.63) is 52.4 Å². The van der Waals surface area contributed by atoms with Crippen LogP contribution in [0.5, 0.6) is 0 Å². The highest BCUT2D eigenvalue weighted by atomic mass is 32.1. The molecule has 2 aromatic heterocycles. The largest absolute Gasteiger partial charge is 0.397 e. The summed E-state index contributed by atoms with van der Waals surface area (Å²) in [6, 6.07) is 11.6. The van der Waals surface area contributed by atoms with Gasteiger partial charge in [-0.15, -0.1) is 11.3 Å². The Balaban J connectivity index is 1.69. The van der Waals surface area contributed by atoms with Crippen LogP contribution < -0.4 is 16.8 Å². The molecule has 2 heterocycles. The number of nitrogens with zero attached hydrogens (tertiary/aromatic N) is 2. The molecule has 1 aliphatic carbocycles. The number of pyridine rings is 1. The van der Waals surface area contributed by atoms with Crippen LogP contribution >= 0.6 is 11.3 Å². The van der Waals surface area contributed by atoms with Crippen molar-refractivity contribution in [2.75, 3.05) is 18.0 Å². The maximum Gasteiger partial charge on any atom is 0.263 e. The third-order valence-electron chi connectivity index (χ3n) is 5.40. The molecule has 152 valence electrons. The second kappa shape index (κ2) is 8.56. The molecule has 0 saturated heterocycles. The molecule has 0 radical (unpaired) electrons.